The van der Waals surface area contributed by atoms with Crippen LogP contribution in [-0.2, 0) is 4.79 Å². The van der Waals surface area contributed by atoms with Crippen LogP contribution in [0.2, 0.25) is 5.02 Å². The van der Waals surface area contributed by atoms with Gasteiger partial charge in [0.05, 0.1) is 11.6 Å². The Bertz CT molecular complexity index is 405. The zero-order valence-electron chi connectivity index (χ0n) is 8.87. The molecule has 0 spiro atoms. The highest BCUT2D eigenvalue weighted by Crippen LogP contribution is 2.25. The molecule has 0 atom stereocenters. The highest BCUT2D eigenvalue weighted by molar-refractivity contribution is 6.32. The Morgan fingerprint density at radius 1 is 1.62 bits per heavy atom. The van der Waals surface area contributed by atoms with Crippen LogP contribution in [0.15, 0.2) is 24.3 Å². The van der Waals surface area contributed by atoms with Gasteiger partial charge in [0.1, 0.15) is 5.75 Å². The zero-order chi connectivity index (χ0) is 12.0. The predicted octanol–water partition coefficient (Wildman–Crippen LogP) is 1.74. The molecule has 0 saturated carbocycles. The van der Waals surface area contributed by atoms with Crippen LogP contribution in [0.1, 0.15) is 12.5 Å². The molecule has 5 heteroatoms. The van der Waals surface area contributed by atoms with Crippen LogP contribution < -0.4 is 16.0 Å². The van der Waals surface area contributed by atoms with E-state index in [1.165, 1.54) is 6.08 Å². The average Bonchev–Trinajstić information content (AvgIpc) is 2.29. The molecule has 1 aromatic carbocycles. The maximum Gasteiger partial charge on any atom is 0.257 e. The number of rotatable bonds is 4. The molecule has 0 saturated heterocycles. The fourth-order valence-corrected chi connectivity index (χ4v) is 1.36. The van der Waals surface area contributed by atoms with Gasteiger partial charge in [-0.2, -0.15) is 0 Å². The lowest BCUT2D eigenvalue weighted by atomic mass is 10.2. The maximum absolute atomic E-state index is 10.9. The number of benzene rings is 1. The molecular formula is C11H13ClN2O2. The minimum atomic E-state index is -0.370. The first-order valence-corrected chi connectivity index (χ1v) is 5.16. The van der Waals surface area contributed by atoms with E-state index >= 15 is 0 Å². The van der Waals surface area contributed by atoms with Gasteiger partial charge < -0.3 is 4.74 Å². The number of carbonyl (C=O) groups excluding carboxylic acids is 1. The van der Waals surface area contributed by atoms with E-state index in [2.05, 4.69) is 0 Å². The Morgan fingerprint density at radius 2 is 2.38 bits per heavy atom. The monoisotopic (exact) mass is 240 g/mol. The molecule has 0 unspecified atom stereocenters. The lowest BCUT2D eigenvalue weighted by molar-refractivity contribution is -0.116. The van der Waals surface area contributed by atoms with Gasteiger partial charge in [-0.3, -0.25) is 10.2 Å². The number of halogens is 1. The van der Waals surface area contributed by atoms with Gasteiger partial charge in [-0.25, -0.2) is 5.84 Å². The summed E-state index contributed by atoms with van der Waals surface area (Å²) in [6, 6.07) is 5.27. The van der Waals surface area contributed by atoms with Gasteiger partial charge in [0.15, 0.2) is 0 Å². The van der Waals surface area contributed by atoms with E-state index in [1.807, 2.05) is 12.3 Å². The summed E-state index contributed by atoms with van der Waals surface area (Å²) in [7, 11) is 0. The van der Waals surface area contributed by atoms with Crippen LogP contribution in [0.5, 0.6) is 5.75 Å². The normalized spacial score (nSPS) is 10.4. The van der Waals surface area contributed by atoms with Crippen molar-refractivity contribution in [2.45, 2.75) is 6.92 Å². The van der Waals surface area contributed by atoms with Gasteiger partial charge in [-0.05, 0) is 30.7 Å². The summed E-state index contributed by atoms with van der Waals surface area (Å²) in [5.41, 5.74) is 2.80. The van der Waals surface area contributed by atoms with Crippen molar-refractivity contribution >= 4 is 23.6 Å². The predicted molar refractivity (Wildman–Crippen MR) is 64.0 cm³/mol. The van der Waals surface area contributed by atoms with Crippen LogP contribution in [0.4, 0.5) is 0 Å². The van der Waals surface area contributed by atoms with E-state index in [1.54, 1.807) is 24.3 Å². The van der Waals surface area contributed by atoms with Crippen molar-refractivity contribution in [3.05, 3.63) is 34.9 Å². The summed E-state index contributed by atoms with van der Waals surface area (Å²) >= 11 is 5.97. The van der Waals surface area contributed by atoms with Gasteiger partial charge in [-0.1, -0.05) is 17.7 Å². The standard InChI is InChI=1S/C11H13ClN2O2/c1-2-16-10-5-3-8(7-9(10)12)4-6-11(15)14-13/h3-7H,2,13H2,1H3,(H,14,15)/b6-4+. The van der Waals surface area contributed by atoms with E-state index in [0.29, 0.717) is 17.4 Å². The van der Waals surface area contributed by atoms with Gasteiger partial charge >= 0.3 is 0 Å². The van der Waals surface area contributed by atoms with Crippen LogP contribution >= 0.6 is 11.6 Å². The fraction of sp³-hybridized carbons (Fsp3) is 0.182. The number of ether oxygens (including phenoxy) is 1. The molecule has 0 aromatic heterocycles. The second-order valence-electron chi connectivity index (χ2n) is 2.96. The third-order valence-corrected chi connectivity index (χ3v) is 2.12. The van der Waals surface area contributed by atoms with E-state index in [9.17, 15) is 4.79 Å². The molecule has 0 fully saturated rings. The fourth-order valence-electron chi connectivity index (χ4n) is 1.11. The molecule has 0 radical (unpaired) electrons. The number of hydrazine groups is 1. The molecule has 0 bridgehead atoms. The number of nitrogens with two attached hydrogens (primary N) is 1. The smallest absolute Gasteiger partial charge is 0.257 e. The van der Waals surface area contributed by atoms with Crippen LogP contribution in [-0.4, -0.2) is 12.5 Å². The Morgan fingerprint density at radius 3 is 2.94 bits per heavy atom. The minimum Gasteiger partial charge on any atom is -0.492 e. The van der Waals surface area contributed by atoms with Gasteiger partial charge in [0.2, 0.25) is 0 Å². The topological polar surface area (TPSA) is 64.3 Å². The van der Waals surface area contributed by atoms with Crippen LogP contribution in [0.25, 0.3) is 6.08 Å². The largest absolute Gasteiger partial charge is 0.492 e. The molecule has 1 amide bonds. The molecule has 1 aromatic rings. The number of hydrogen-bond donors (Lipinski definition) is 2. The molecule has 0 aliphatic carbocycles. The lowest BCUT2D eigenvalue weighted by Gasteiger charge is -2.05. The Hall–Kier alpha value is -1.52. The second kappa shape index (κ2) is 6.15. The van der Waals surface area contributed by atoms with E-state index < -0.39 is 0 Å². The summed E-state index contributed by atoms with van der Waals surface area (Å²) < 4.78 is 5.28. The Labute approximate surface area is 99.0 Å². The van der Waals surface area contributed by atoms with E-state index in [-0.39, 0.29) is 5.91 Å². The summed E-state index contributed by atoms with van der Waals surface area (Å²) in [6.45, 7) is 2.44. The van der Waals surface area contributed by atoms with Crippen molar-refractivity contribution in [2.24, 2.45) is 5.84 Å². The SMILES string of the molecule is CCOc1ccc(/C=C/C(=O)NN)cc1Cl. The average molecular weight is 241 g/mol. The third-order valence-electron chi connectivity index (χ3n) is 1.83. The van der Waals surface area contributed by atoms with Crippen molar-refractivity contribution in [2.75, 3.05) is 6.61 Å². The van der Waals surface area contributed by atoms with Gasteiger partial charge in [-0.15, -0.1) is 0 Å². The van der Waals surface area contributed by atoms with E-state index in [4.69, 9.17) is 22.2 Å². The highest BCUT2D eigenvalue weighted by Gasteiger charge is 2.00. The highest BCUT2D eigenvalue weighted by atomic mass is 35.5. The molecule has 0 aliphatic rings. The first-order chi connectivity index (χ1) is 7.67. The first kappa shape index (κ1) is 12.5. The quantitative estimate of drug-likeness (QED) is 0.365. The number of carbonyl (C=O) groups is 1. The summed E-state index contributed by atoms with van der Waals surface area (Å²) in [5, 5.41) is 0.511. The number of nitrogens with one attached hydrogen (secondary N) is 1. The maximum atomic E-state index is 10.9. The van der Waals surface area contributed by atoms with Gasteiger partial charge in [0.25, 0.3) is 5.91 Å². The van der Waals surface area contributed by atoms with Crippen molar-refractivity contribution in [1.29, 1.82) is 0 Å². The third kappa shape index (κ3) is 3.56. The van der Waals surface area contributed by atoms with E-state index in [0.717, 1.165) is 5.56 Å². The molecule has 1 rings (SSSR count). The first-order valence-electron chi connectivity index (χ1n) is 4.78. The summed E-state index contributed by atoms with van der Waals surface area (Å²) in [5.74, 6) is 5.19. The zero-order valence-corrected chi connectivity index (χ0v) is 9.62. The molecule has 3 N–H and O–H groups in total. The lowest BCUT2D eigenvalue weighted by Crippen LogP contribution is -2.27. The van der Waals surface area contributed by atoms with Crippen molar-refractivity contribution < 1.29 is 9.53 Å². The molecule has 0 heterocycles. The molecule has 0 aliphatic heterocycles. The van der Waals surface area contributed by atoms with Crippen LogP contribution in [0.3, 0.4) is 0 Å². The summed E-state index contributed by atoms with van der Waals surface area (Å²) in [6.07, 6.45) is 2.94. The minimum absolute atomic E-state index is 0.370. The Balaban J connectivity index is 2.81. The molecular weight excluding hydrogens is 228 g/mol. The molecule has 4 nitrogen and oxygen atoms in total. The molecule has 86 valence electrons. The van der Waals surface area contributed by atoms with Crippen molar-refractivity contribution in [3.8, 4) is 5.75 Å². The van der Waals surface area contributed by atoms with Crippen molar-refractivity contribution in [3.63, 3.8) is 0 Å². The van der Waals surface area contributed by atoms with Gasteiger partial charge in [0, 0.05) is 6.08 Å². The summed E-state index contributed by atoms with van der Waals surface area (Å²) in [4.78, 5) is 10.9. The van der Waals surface area contributed by atoms with Crippen LogP contribution in [0, 0.1) is 0 Å². The van der Waals surface area contributed by atoms with Crippen molar-refractivity contribution in [1.82, 2.24) is 5.43 Å². The number of hydrogen-bond acceptors (Lipinski definition) is 3. The number of amides is 1. The molecule has 16 heavy (non-hydrogen) atoms. The Kier molecular flexibility index (Phi) is 4.82. The second-order valence-corrected chi connectivity index (χ2v) is 3.37.